The maximum atomic E-state index is 12.8. The lowest BCUT2D eigenvalue weighted by Crippen LogP contribution is -2.48. The zero-order chi connectivity index (χ0) is 19.1. The van der Waals surface area contributed by atoms with E-state index in [-0.39, 0.29) is 17.5 Å². The number of nitrogens with zero attached hydrogens (tertiary/aromatic N) is 3. The highest BCUT2D eigenvalue weighted by molar-refractivity contribution is 5.98. The highest BCUT2D eigenvalue weighted by Crippen LogP contribution is 2.12. The summed E-state index contributed by atoms with van der Waals surface area (Å²) in [5.41, 5.74) is 2.01. The molecule has 2 aromatic rings. The lowest BCUT2D eigenvalue weighted by Gasteiger charge is -2.34. The zero-order valence-electron chi connectivity index (χ0n) is 15.3. The van der Waals surface area contributed by atoms with Gasteiger partial charge in [0, 0.05) is 51.0 Å². The summed E-state index contributed by atoms with van der Waals surface area (Å²) in [5.74, 6) is -0.369. The molecule has 0 aliphatic carbocycles. The minimum Gasteiger partial charge on any atom is -0.347 e. The van der Waals surface area contributed by atoms with Crippen LogP contribution in [0.3, 0.4) is 0 Å². The molecule has 1 fully saturated rings. The first kappa shape index (κ1) is 18.8. The number of amides is 2. The smallest absolute Gasteiger partial charge is 0.270 e. The van der Waals surface area contributed by atoms with Gasteiger partial charge in [-0.05, 0) is 17.7 Å². The van der Waals surface area contributed by atoms with Gasteiger partial charge in [0.2, 0.25) is 0 Å². The van der Waals surface area contributed by atoms with Gasteiger partial charge in [-0.3, -0.25) is 19.5 Å². The Kier molecular flexibility index (Phi) is 6.33. The summed E-state index contributed by atoms with van der Waals surface area (Å²) in [4.78, 5) is 33.0. The molecule has 3 rings (SSSR count). The lowest BCUT2D eigenvalue weighted by atomic mass is 10.1. The minimum atomic E-state index is -0.308. The number of hydrogen-bond donors (Lipinski definition) is 1. The molecule has 6 nitrogen and oxygen atoms in total. The zero-order valence-corrected chi connectivity index (χ0v) is 15.3. The van der Waals surface area contributed by atoms with Crippen LogP contribution < -0.4 is 5.32 Å². The van der Waals surface area contributed by atoms with E-state index in [0.29, 0.717) is 25.2 Å². The Morgan fingerprint density at radius 1 is 1.11 bits per heavy atom. The van der Waals surface area contributed by atoms with Crippen LogP contribution in [0, 0.1) is 0 Å². The molecule has 27 heavy (non-hydrogen) atoms. The van der Waals surface area contributed by atoms with E-state index in [1.807, 2.05) is 23.1 Å². The molecule has 0 unspecified atom stereocenters. The van der Waals surface area contributed by atoms with Gasteiger partial charge in [0.05, 0.1) is 0 Å². The predicted octanol–water partition coefficient (Wildman–Crippen LogP) is 1.96. The number of carbonyl (C=O) groups excluding carboxylic acids is 2. The number of nitrogens with one attached hydrogen (secondary N) is 1. The molecule has 0 spiro atoms. The van der Waals surface area contributed by atoms with Gasteiger partial charge >= 0.3 is 0 Å². The molecule has 1 saturated heterocycles. The summed E-state index contributed by atoms with van der Waals surface area (Å²) in [5, 5.41) is 2.67. The number of piperazine rings is 1. The van der Waals surface area contributed by atoms with Crippen LogP contribution in [-0.2, 0) is 6.54 Å². The lowest BCUT2D eigenvalue weighted by molar-refractivity contribution is 0.0628. The van der Waals surface area contributed by atoms with E-state index >= 15 is 0 Å². The average Bonchev–Trinajstić information content (AvgIpc) is 2.73. The molecule has 2 amide bonds. The first-order chi connectivity index (χ1) is 13.2. The number of hydrogen-bond acceptors (Lipinski definition) is 4. The van der Waals surface area contributed by atoms with Crippen LogP contribution in [0.5, 0.6) is 0 Å². The molecule has 1 aliphatic rings. The molecule has 1 aliphatic heterocycles. The van der Waals surface area contributed by atoms with Crippen LogP contribution in [0.15, 0.2) is 61.3 Å². The standard InChI is InChI=1S/C21H24N4O2/c1-2-9-23-20(26)19-15-18(8-10-22-19)21(27)25-13-11-24(12-14-25)16-17-6-4-3-5-7-17/h2-8,10,15H,1,9,11-14,16H2,(H,23,26). The van der Waals surface area contributed by atoms with Gasteiger partial charge in [0.15, 0.2) is 0 Å². The number of carbonyl (C=O) groups is 2. The summed E-state index contributed by atoms with van der Waals surface area (Å²) in [6, 6.07) is 13.5. The Balaban J connectivity index is 1.57. The third-order valence-electron chi connectivity index (χ3n) is 4.55. The predicted molar refractivity (Wildman–Crippen MR) is 104 cm³/mol. The van der Waals surface area contributed by atoms with Gasteiger partial charge in [-0.25, -0.2) is 0 Å². The van der Waals surface area contributed by atoms with Crippen molar-refractivity contribution in [3.8, 4) is 0 Å². The van der Waals surface area contributed by atoms with Gasteiger partial charge in [-0.1, -0.05) is 36.4 Å². The molecule has 1 N–H and O–H groups in total. The summed E-state index contributed by atoms with van der Waals surface area (Å²) in [6.07, 6.45) is 3.10. The Morgan fingerprint density at radius 2 is 1.85 bits per heavy atom. The summed E-state index contributed by atoms with van der Waals surface area (Å²) < 4.78 is 0. The Hall–Kier alpha value is -2.99. The average molecular weight is 364 g/mol. The summed E-state index contributed by atoms with van der Waals surface area (Å²) in [7, 11) is 0. The quantitative estimate of drug-likeness (QED) is 0.796. The first-order valence-corrected chi connectivity index (χ1v) is 9.08. The molecule has 140 valence electrons. The fraction of sp³-hybridized carbons (Fsp3) is 0.286. The maximum Gasteiger partial charge on any atom is 0.270 e. The summed E-state index contributed by atoms with van der Waals surface area (Å²) in [6.45, 7) is 7.83. The van der Waals surface area contributed by atoms with Crippen molar-refractivity contribution in [2.24, 2.45) is 0 Å². The molecular formula is C21H24N4O2. The normalized spacial score (nSPS) is 14.6. The van der Waals surface area contributed by atoms with Gasteiger partial charge in [-0.15, -0.1) is 6.58 Å². The number of aromatic nitrogens is 1. The highest BCUT2D eigenvalue weighted by Gasteiger charge is 2.23. The minimum absolute atomic E-state index is 0.0606. The highest BCUT2D eigenvalue weighted by atomic mass is 16.2. The second kappa shape index (κ2) is 9.09. The van der Waals surface area contributed by atoms with E-state index in [1.165, 1.54) is 11.8 Å². The monoisotopic (exact) mass is 364 g/mol. The van der Waals surface area contributed by atoms with Crippen LogP contribution in [-0.4, -0.2) is 59.3 Å². The second-order valence-electron chi connectivity index (χ2n) is 6.48. The Morgan fingerprint density at radius 3 is 2.56 bits per heavy atom. The van der Waals surface area contributed by atoms with Crippen molar-refractivity contribution in [1.82, 2.24) is 20.1 Å². The van der Waals surface area contributed by atoms with Crippen LogP contribution in [0.4, 0.5) is 0 Å². The number of rotatable bonds is 6. The maximum absolute atomic E-state index is 12.8. The molecule has 0 atom stereocenters. The second-order valence-corrected chi connectivity index (χ2v) is 6.48. The molecule has 0 saturated carbocycles. The molecule has 1 aromatic carbocycles. The summed E-state index contributed by atoms with van der Waals surface area (Å²) >= 11 is 0. The third kappa shape index (κ3) is 5.01. The van der Waals surface area contributed by atoms with Crippen LogP contribution >= 0.6 is 0 Å². The van der Waals surface area contributed by atoms with Crippen molar-refractivity contribution in [2.45, 2.75) is 6.54 Å². The fourth-order valence-electron chi connectivity index (χ4n) is 3.08. The molecule has 0 bridgehead atoms. The Bertz CT molecular complexity index is 799. The van der Waals surface area contributed by atoms with Gasteiger partial charge in [-0.2, -0.15) is 0 Å². The molecule has 1 aromatic heterocycles. The van der Waals surface area contributed by atoms with E-state index in [9.17, 15) is 9.59 Å². The van der Waals surface area contributed by atoms with Gasteiger partial charge in [0.1, 0.15) is 5.69 Å². The van der Waals surface area contributed by atoms with Crippen molar-refractivity contribution < 1.29 is 9.59 Å². The van der Waals surface area contributed by atoms with Crippen LogP contribution in [0.1, 0.15) is 26.4 Å². The number of pyridine rings is 1. The van der Waals surface area contributed by atoms with E-state index in [1.54, 1.807) is 18.2 Å². The van der Waals surface area contributed by atoms with E-state index in [0.717, 1.165) is 19.6 Å². The fourth-order valence-corrected chi connectivity index (χ4v) is 3.08. The van der Waals surface area contributed by atoms with E-state index in [2.05, 4.69) is 33.9 Å². The Labute approximate surface area is 159 Å². The molecule has 0 radical (unpaired) electrons. The molecule has 6 heteroatoms. The molecule has 2 heterocycles. The SMILES string of the molecule is C=CCNC(=O)c1cc(C(=O)N2CCN(Cc3ccccc3)CC2)ccn1. The van der Waals surface area contributed by atoms with Crippen molar-refractivity contribution in [3.05, 3.63) is 78.1 Å². The topological polar surface area (TPSA) is 65.5 Å². The van der Waals surface area contributed by atoms with Crippen molar-refractivity contribution >= 4 is 11.8 Å². The number of benzene rings is 1. The van der Waals surface area contributed by atoms with E-state index in [4.69, 9.17) is 0 Å². The van der Waals surface area contributed by atoms with Crippen molar-refractivity contribution in [3.63, 3.8) is 0 Å². The van der Waals surface area contributed by atoms with Gasteiger partial charge < -0.3 is 10.2 Å². The van der Waals surface area contributed by atoms with Crippen molar-refractivity contribution in [1.29, 1.82) is 0 Å². The largest absolute Gasteiger partial charge is 0.347 e. The van der Waals surface area contributed by atoms with Gasteiger partial charge in [0.25, 0.3) is 11.8 Å². The van der Waals surface area contributed by atoms with Crippen molar-refractivity contribution in [2.75, 3.05) is 32.7 Å². The van der Waals surface area contributed by atoms with Crippen LogP contribution in [0.25, 0.3) is 0 Å². The van der Waals surface area contributed by atoms with Crippen LogP contribution in [0.2, 0.25) is 0 Å². The third-order valence-corrected chi connectivity index (χ3v) is 4.55. The first-order valence-electron chi connectivity index (χ1n) is 9.08. The molecular weight excluding hydrogens is 340 g/mol. The van der Waals surface area contributed by atoms with E-state index < -0.39 is 0 Å².